The molecule has 0 aromatic carbocycles. The minimum Gasteiger partial charge on any atom is -0.444 e. The minimum atomic E-state index is -0.600. The van der Waals surface area contributed by atoms with Crippen molar-refractivity contribution in [3.63, 3.8) is 0 Å². The maximum atomic E-state index is 13.4. The molecule has 2 aromatic heterocycles. The van der Waals surface area contributed by atoms with Gasteiger partial charge in [0.1, 0.15) is 17.1 Å². The van der Waals surface area contributed by atoms with Crippen molar-refractivity contribution in [2.24, 2.45) is 0 Å². The van der Waals surface area contributed by atoms with Gasteiger partial charge in [-0.15, -0.1) is 0 Å². The Morgan fingerprint density at radius 1 is 1.43 bits per heavy atom. The fraction of sp³-hybridized carbons (Fsp3) is 0.467. The Morgan fingerprint density at radius 3 is 2.67 bits per heavy atom. The van der Waals surface area contributed by atoms with Gasteiger partial charge in [0, 0.05) is 11.1 Å². The summed E-state index contributed by atoms with van der Waals surface area (Å²) in [4.78, 5) is 19.1. The van der Waals surface area contributed by atoms with Gasteiger partial charge in [-0.1, -0.05) is 13.8 Å². The second-order valence-electron chi connectivity index (χ2n) is 6.24. The van der Waals surface area contributed by atoms with Gasteiger partial charge in [-0.2, -0.15) is 0 Å². The van der Waals surface area contributed by atoms with Crippen LogP contribution < -0.4 is 5.32 Å². The molecule has 0 saturated heterocycles. The number of amides is 1. The lowest BCUT2D eigenvalue weighted by atomic mass is 10.1. The molecule has 2 N–H and O–H groups in total. The SMILES string of the molecule is CC(C)c1[nH]c2ncc(F)cc2c1NC(=O)OC(C)(C)C. The minimum absolute atomic E-state index is 0.118. The molecule has 21 heavy (non-hydrogen) atoms. The standard InChI is InChI=1S/C15H20FN3O2/c1-8(2)11-12(19-14(20)21-15(3,4)5)10-6-9(16)7-17-13(10)18-11/h6-8H,1-5H3,(H,17,18)(H,19,20). The Kier molecular flexibility index (Phi) is 3.89. The highest BCUT2D eigenvalue weighted by Crippen LogP contribution is 2.32. The van der Waals surface area contributed by atoms with Gasteiger partial charge in [-0.3, -0.25) is 5.32 Å². The zero-order valence-electron chi connectivity index (χ0n) is 12.9. The molecule has 5 nitrogen and oxygen atoms in total. The van der Waals surface area contributed by atoms with Gasteiger partial charge in [0.05, 0.1) is 11.9 Å². The van der Waals surface area contributed by atoms with Gasteiger partial charge in [0.15, 0.2) is 0 Å². The molecule has 0 saturated carbocycles. The highest BCUT2D eigenvalue weighted by atomic mass is 19.1. The topological polar surface area (TPSA) is 67.0 Å². The number of rotatable bonds is 2. The van der Waals surface area contributed by atoms with E-state index in [-0.39, 0.29) is 5.92 Å². The first-order valence-electron chi connectivity index (χ1n) is 6.84. The Hall–Kier alpha value is -2.11. The first kappa shape index (κ1) is 15.3. The molecule has 1 amide bonds. The number of nitrogens with zero attached hydrogens (tertiary/aromatic N) is 1. The van der Waals surface area contributed by atoms with Crippen molar-refractivity contribution in [2.75, 3.05) is 5.32 Å². The Bertz CT molecular complexity index is 671. The summed E-state index contributed by atoms with van der Waals surface area (Å²) in [5, 5.41) is 3.23. The molecule has 0 fully saturated rings. The third-order valence-electron chi connectivity index (χ3n) is 2.85. The van der Waals surface area contributed by atoms with Crippen LogP contribution in [0.15, 0.2) is 12.3 Å². The third-order valence-corrected chi connectivity index (χ3v) is 2.85. The molecule has 114 valence electrons. The van der Waals surface area contributed by atoms with Crippen LogP contribution in [0, 0.1) is 5.82 Å². The van der Waals surface area contributed by atoms with Crippen molar-refractivity contribution in [1.82, 2.24) is 9.97 Å². The molecule has 0 atom stereocenters. The average molecular weight is 293 g/mol. The molecule has 6 heteroatoms. The van der Waals surface area contributed by atoms with Gasteiger partial charge in [-0.05, 0) is 32.8 Å². The van der Waals surface area contributed by atoms with Crippen LogP contribution in [0.1, 0.15) is 46.2 Å². The van der Waals surface area contributed by atoms with Gasteiger partial charge < -0.3 is 9.72 Å². The molecule has 0 aliphatic rings. The van der Waals surface area contributed by atoms with E-state index >= 15 is 0 Å². The molecular weight excluding hydrogens is 273 g/mol. The number of nitrogens with one attached hydrogen (secondary N) is 2. The summed E-state index contributed by atoms with van der Waals surface area (Å²) in [7, 11) is 0. The number of fused-ring (bicyclic) bond motifs is 1. The predicted octanol–water partition coefficient (Wildman–Crippen LogP) is 4.17. The maximum Gasteiger partial charge on any atom is 0.412 e. The van der Waals surface area contributed by atoms with Crippen molar-refractivity contribution in [2.45, 2.75) is 46.1 Å². The van der Waals surface area contributed by atoms with E-state index in [4.69, 9.17) is 4.74 Å². The molecular formula is C15H20FN3O2. The van der Waals surface area contributed by atoms with Crippen LogP contribution >= 0.6 is 0 Å². The van der Waals surface area contributed by atoms with Gasteiger partial charge >= 0.3 is 6.09 Å². The summed E-state index contributed by atoms with van der Waals surface area (Å²) in [5.74, 6) is -0.337. The van der Waals surface area contributed by atoms with Crippen LogP contribution in [-0.2, 0) is 4.74 Å². The fourth-order valence-corrected chi connectivity index (χ4v) is 2.04. The number of carbonyl (C=O) groups is 1. The third kappa shape index (κ3) is 3.51. The Labute approximate surface area is 122 Å². The normalized spacial score (nSPS) is 12.0. The number of hydrogen-bond donors (Lipinski definition) is 2. The summed E-state index contributed by atoms with van der Waals surface area (Å²) in [6.07, 6.45) is 0.565. The molecule has 0 radical (unpaired) electrons. The fourth-order valence-electron chi connectivity index (χ4n) is 2.04. The molecule has 2 heterocycles. The van der Waals surface area contributed by atoms with Crippen molar-refractivity contribution in [1.29, 1.82) is 0 Å². The molecule has 0 bridgehead atoms. The largest absolute Gasteiger partial charge is 0.444 e. The van der Waals surface area contributed by atoms with Crippen molar-refractivity contribution in [3.8, 4) is 0 Å². The van der Waals surface area contributed by atoms with Crippen LogP contribution in [0.3, 0.4) is 0 Å². The molecule has 0 aliphatic carbocycles. The predicted molar refractivity (Wildman–Crippen MR) is 80.0 cm³/mol. The van der Waals surface area contributed by atoms with E-state index in [0.29, 0.717) is 16.7 Å². The van der Waals surface area contributed by atoms with Crippen LogP contribution in [0.25, 0.3) is 11.0 Å². The quantitative estimate of drug-likeness (QED) is 0.873. The number of halogens is 1. The van der Waals surface area contributed by atoms with Crippen LogP contribution in [0.5, 0.6) is 0 Å². The first-order chi connectivity index (χ1) is 9.67. The zero-order chi connectivity index (χ0) is 15.8. The van der Waals surface area contributed by atoms with E-state index in [9.17, 15) is 9.18 Å². The average Bonchev–Trinajstić information content (AvgIpc) is 2.65. The Morgan fingerprint density at radius 2 is 2.10 bits per heavy atom. The molecule has 0 spiro atoms. The summed E-state index contributed by atoms with van der Waals surface area (Å²) in [6.45, 7) is 9.30. The first-order valence-corrected chi connectivity index (χ1v) is 6.84. The summed E-state index contributed by atoms with van der Waals surface area (Å²) >= 11 is 0. The van der Waals surface area contributed by atoms with E-state index in [1.807, 2.05) is 13.8 Å². The highest BCUT2D eigenvalue weighted by Gasteiger charge is 2.21. The van der Waals surface area contributed by atoms with Crippen molar-refractivity contribution in [3.05, 3.63) is 23.8 Å². The summed E-state index contributed by atoms with van der Waals surface area (Å²) in [5.41, 5.74) is 1.24. The van der Waals surface area contributed by atoms with E-state index in [1.54, 1.807) is 20.8 Å². The van der Waals surface area contributed by atoms with Gasteiger partial charge in [-0.25, -0.2) is 14.2 Å². The van der Waals surface area contributed by atoms with Gasteiger partial charge in [0.25, 0.3) is 0 Å². The van der Waals surface area contributed by atoms with Crippen LogP contribution in [0.2, 0.25) is 0 Å². The van der Waals surface area contributed by atoms with Gasteiger partial charge in [0.2, 0.25) is 0 Å². The monoisotopic (exact) mass is 293 g/mol. The second kappa shape index (κ2) is 5.35. The highest BCUT2D eigenvalue weighted by molar-refractivity contribution is 6.00. The van der Waals surface area contributed by atoms with Crippen LogP contribution in [-0.4, -0.2) is 21.7 Å². The molecule has 0 aliphatic heterocycles. The van der Waals surface area contributed by atoms with E-state index in [1.165, 1.54) is 6.07 Å². The molecule has 0 unspecified atom stereocenters. The number of hydrogen-bond acceptors (Lipinski definition) is 3. The molecule has 2 aromatic rings. The lowest BCUT2D eigenvalue weighted by molar-refractivity contribution is 0.0636. The van der Waals surface area contributed by atoms with E-state index < -0.39 is 17.5 Å². The number of H-pyrrole nitrogens is 1. The lowest BCUT2D eigenvalue weighted by Gasteiger charge is -2.20. The summed E-state index contributed by atoms with van der Waals surface area (Å²) in [6, 6.07) is 1.34. The molecule has 2 rings (SSSR count). The maximum absolute atomic E-state index is 13.4. The van der Waals surface area contributed by atoms with E-state index in [0.717, 1.165) is 11.9 Å². The number of ether oxygens (including phenoxy) is 1. The number of carbonyl (C=O) groups excluding carboxylic acids is 1. The van der Waals surface area contributed by atoms with Crippen LogP contribution in [0.4, 0.5) is 14.9 Å². The van der Waals surface area contributed by atoms with Crippen molar-refractivity contribution < 1.29 is 13.9 Å². The number of aromatic nitrogens is 2. The number of pyridine rings is 1. The lowest BCUT2D eigenvalue weighted by Crippen LogP contribution is -2.27. The second-order valence-corrected chi connectivity index (χ2v) is 6.24. The smallest absolute Gasteiger partial charge is 0.412 e. The number of aromatic amines is 1. The summed E-state index contributed by atoms with van der Waals surface area (Å²) < 4.78 is 18.7. The van der Waals surface area contributed by atoms with E-state index in [2.05, 4.69) is 15.3 Å². The zero-order valence-corrected chi connectivity index (χ0v) is 12.9. The van der Waals surface area contributed by atoms with Crippen molar-refractivity contribution >= 4 is 22.8 Å². The number of anilines is 1. The Balaban J connectivity index is 2.43.